The topological polar surface area (TPSA) is 70.6 Å². The van der Waals surface area contributed by atoms with E-state index in [-0.39, 0.29) is 17.2 Å². The standard InChI is InChI=1S/C14H20FN3O/c1-14(4-2-3-5-14)17-9-10-6-11(13(16)18-19)8-12(15)7-10/h6-8,17,19H,2-5,9H2,1H3,(H2,16,18). The first-order valence-electron chi connectivity index (χ1n) is 6.55. The van der Waals surface area contributed by atoms with Gasteiger partial charge in [0.2, 0.25) is 0 Å². The second-order valence-electron chi connectivity index (χ2n) is 5.45. The molecule has 5 heteroatoms. The van der Waals surface area contributed by atoms with E-state index in [1.54, 1.807) is 6.07 Å². The van der Waals surface area contributed by atoms with Crippen molar-refractivity contribution in [3.63, 3.8) is 0 Å². The third-order valence-corrected chi connectivity index (χ3v) is 3.79. The Morgan fingerprint density at radius 2 is 2.11 bits per heavy atom. The van der Waals surface area contributed by atoms with Crippen molar-refractivity contribution in [3.05, 3.63) is 35.1 Å². The molecule has 2 rings (SSSR count). The molecule has 0 aliphatic heterocycles. The van der Waals surface area contributed by atoms with Gasteiger partial charge in [0.25, 0.3) is 0 Å². The zero-order valence-corrected chi connectivity index (χ0v) is 11.1. The molecule has 0 heterocycles. The molecule has 0 unspecified atom stereocenters. The molecule has 1 saturated carbocycles. The number of hydrogen-bond donors (Lipinski definition) is 3. The van der Waals surface area contributed by atoms with Crippen molar-refractivity contribution in [1.82, 2.24) is 5.32 Å². The van der Waals surface area contributed by atoms with Gasteiger partial charge in [0.05, 0.1) is 0 Å². The third-order valence-electron chi connectivity index (χ3n) is 3.79. The normalized spacial score (nSPS) is 18.7. The maximum atomic E-state index is 13.5. The Morgan fingerprint density at radius 3 is 2.74 bits per heavy atom. The van der Waals surface area contributed by atoms with Crippen molar-refractivity contribution in [2.45, 2.75) is 44.7 Å². The van der Waals surface area contributed by atoms with E-state index in [9.17, 15) is 4.39 Å². The van der Waals surface area contributed by atoms with E-state index in [4.69, 9.17) is 10.9 Å². The maximum Gasteiger partial charge on any atom is 0.170 e. The van der Waals surface area contributed by atoms with Gasteiger partial charge in [-0.1, -0.05) is 18.0 Å². The lowest BCUT2D eigenvalue weighted by Crippen LogP contribution is -2.38. The van der Waals surface area contributed by atoms with E-state index in [0.717, 1.165) is 18.4 Å². The van der Waals surface area contributed by atoms with Crippen LogP contribution in [0.4, 0.5) is 4.39 Å². The summed E-state index contributed by atoms with van der Waals surface area (Å²) in [6.45, 7) is 2.78. The van der Waals surface area contributed by atoms with Gasteiger partial charge in [-0.05, 0) is 43.5 Å². The molecule has 1 fully saturated rings. The minimum atomic E-state index is -0.377. The highest BCUT2D eigenvalue weighted by molar-refractivity contribution is 5.97. The highest BCUT2D eigenvalue weighted by Crippen LogP contribution is 2.29. The molecule has 104 valence electrons. The van der Waals surface area contributed by atoms with Crippen LogP contribution in [0.25, 0.3) is 0 Å². The smallest absolute Gasteiger partial charge is 0.170 e. The summed E-state index contributed by atoms with van der Waals surface area (Å²) in [6, 6.07) is 4.47. The number of nitrogens with two attached hydrogens (primary N) is 1. The molecule has 4 N–H and O–H groups in total. The van der Waals surface area contributed by atoms with Crippen LogP contribution in [0.1, 0.15) is 43.7 Å². The van der Waals surface area contributed by atoms with E-state index in [1.165, 1.54) is 25.0 Å². The Kier molecular flexibility index (Phi) is 4.04. The first-order chi connectivity index (χ1) is 9.02. The highest BCUT2D eigenvalue weighted by atomic mass is 19.1. The van der Waals surface area contributed by atoms with Gasteiger partial charge in [-0.25, -0.2) is 4.39 Å². The Morgan fingerprint density at radius 1 is 1.42 bits per heavy atom. The zero-order valence-electron chi connectivity index (χ0n) is 11.1. The van der Waals surface area contributed by atoms with E-state index < -0.39 is 0 Å². The summed E-state index contributed by atoms with van der Waals surface area (Å²) in [5.41, 5.74) is 6.83. The summed E-state index contributed by atoms with van der Waals surface area (Å²) in [5.74, 6) is -0.453. The third kappa shape index (κ3) is 3.44. The van der Waals surface area contributed by atoms with Crippen LogP contribution in [0.3, 0.4) is 0 Å². The predicted molar refractivity (Wildman–Crippen MR) is 72.6 cm³/mol. The monoisotopic (exact) mass is 265 g/mol. The Labute approximate surface area is 112 Å². The minimum Gasteiger partial charge on any atom is -0.409 e. The number of amidine groups is 1. The molecule has 19 heavy (non-hydrogen) atoms. The largest absolute Gasteiger partial charge is 0.409 e. The summed E-state index contributed by atoms with van der Waals surface area (Å²) in [4.78, 5) is 0. The van der Waals surface area contributed by atoms with Gasteiger partial charge in [0.15, 0.2) is 5.84 Å². The fourth-order valence-electron chi connectivity index (χ4n) is 2.61. The molecule has 1 aromatic carbocycles. The molecular formula is C14H20FN3O. The fraction of sp³-hybridized carbons (Fsp3) is 0.500. The predicted octanol–water partition coefficient (Wildman–Crippen LogP) is 2.34. The highest BCUT2D eigenvalue weighted by Gasteiger charge is 2.27. The molecule has 0 amide bonds. The van der Waals surface area contributed by atoms with Crippen LogP contribution < -0.4 is 11.1 Å². The molecule has 0 aromatic heterocycles. The number of halogens is 1. The second kappa shape index (κ2) is 5.57. The molecule has 1 aromatic rings. The van der Waals surface area contributed by atoms with Crippen LogP contribution >= 0.6 is 0 Å². The van der Waals surface area contributed by atoms with Crippen LogP contribution in [0, 0.1) is 5.82 Å². The number of benzene rings is 1. The first kappa shape index (κ1) is 13.8. The van der Waals surface area contributed by atoms with Crippen LogP contribution in [0.15, 0.2) is 23.4 Å². The van der Waals surface area contributed by atoms with Crippen molar-refractivity contribution in [1.29, 1.82) is 0 Å². The van der Waals surface area contributed by atoms with Crippen LogP contribution in [0.5, 0.6) is 0 Å². The molecule has 0 radical (unpaired) electrons. The van der Waals surface area contributed by atoms with Gasteiger partial charge in [-0.3, -0.25) is 0 Å². The van der Waals surface area contributed by atoms with E-state index in [1.807, 2.05) is 0 Å². The van der Waals surface area contributed by atoms with Crippen LogP contribution in [-0.2, 0) is 6.54 Å². The minimum absolute atomic E-state index is 0.0761. The molecule has 0 bridgehead atoms. The average molecular weight is 265 g/mol. The Hall–Kier alpha value is -1.62. The Bertz CT molecular complexity index is 482. The molecule has 1 aliphatic carbocycles. The summed E-state index contributed by atoms with van der Waals surface area (Å²) < 4.78 is 13.5. The van der Waals surface area contributed by atoms with Crippen LogP contribution in [-0.4, -0.2) is 16.6 Å². The van der Waals surface area contributed by atoms with Crippen LogP contribution in [0.2, 0.25) is 0 Å². The van der Waals surface area contributed by atoms with E-state index >= 15 is 0 Å². The van der Waals surface area contributed by atoms with Gasteiger partial charge in [0, 0.05) is 17.6 Å². The van der Waals surface area contributed by atoms with Crippen molar-refractivity contribution < 1.29 is 9.60 Å². The van der Waals surface area contributed by atoms with Gasteiger partial charge in [-0.2, -0.15) is 0 Å². The summed E-state index contributed by atoms with van der Waals surface area (Å²) >= 11 is 0. The second-order valence-corrected chi connectivity index (χ2v) is 5.45. The van der Waals surface area contributed by atoms with Crippen molar-refractivity contribution in [2.24, 2.45) is 10.9 Å². The number of nitrogens with one attached hydrogen (secondary N) is 1. The fourth-order valence-corrected chi connectivity index (χ4v) is 2.61. The maximum absolute atomic E-state index is 13.5. The molecule has 4 nitrogen and oxygen atoms in total. The number of hydrogen-bond acceptors (Lipinski definition) is 3. The molecular weight excluding hydrogens is 245 g/mol. The van der Waals surface area contributed by atoms with Crippen molar-refractivity contribution >= 4 is 5.84 Å². The number of nitrogens with zero attached hydrogens (tertiary/aromatic N) is 1. The van der Waals surface area contributed by atoms with Crippen molar-refractivity contribution in [3.8, 4) is 0 Å². The molecule has 0 spiro atoms. The number of oxime groups is 1. The number of rotatable bonds is 4. The summed E-state index contributed by atoms with van der Waals surface area (Å²) in [7, 11) is 0. The van der Waals surface area contributed by atoms with Gasteiger partial charge in [-0.15, -0.1) is 0 Å². The lowest BCUT2D eigenvalue weighted by atomic mass is 10.00. The molecule has 1 aliphatic rings. The lowest BCUT2D eigenvalue weighted by molar-refractivity contribution is 0.318. The summed E-state index contributed by atoms with van der Waals surface area (Å²) in [6.07, 6.45) is 4.77. The molecule has 0 atom stereocenters. The van der Waals surface area contributed by atoms with E-state index in [2.05, 4.69) is 17.4 Å². The lowest BCUT2D eigenvalue weighted by Gasteiger charge is -2.25. The first-order valence-corrected chi connectivity index (χ1v) is 6.55. The summed E-state index contributed by atoms with van der Waals surface area (Å²) in [5, 5.41) is 15.0. The quantitative estimate of drug-likeness (QED) is 0.339. The van der Waals surface area contributed by atoms with Gasteiger partial charge >= 0.3 is 0 Å². The van der Waals surface area contributed by atoms with Crippen molar-refractivity contribution in [2.75, 3.05) is 0 Å². The SMILES string of the molecule is CC1(NCc2cc(F)cc(/C(N)=N/O)c2)CCCC1. The van der Waals surface area contributed by atoms with Gasteiger partial charge in [0.1, 0.15) is 5.82 Å². The van der Waals surface area contributed by atoms with Gasteiger partial charge < -0.3 is 16.3 Å². The molecule has 0 saturated heterocycles. The average Bonchev–Trinajstić information content (AvgIpc) is 2.82. The zero-order chi connectivity index (χ0) is 13.9. The van der Waals surface area contributed by atoms with E-state index in [0.29, 0.717) is 12.1 Å². The Balaban J connectivity index is 2.10.